The Morgan fingerprint density at radius 1 is 1.24 bits per heavy atom. The van der Waals surface area contributed by atoms with Crippen LogP contribution in [0.15, 0.2) is 0 Å². The lowest BCUT2D eigenvalue weighted by Crippen LogP contribution is -2.36. The summed E-state index contributed by atoms with van der Waals surface area (Å²) >= 11 is 0. The summed E-state index contributed by atoms with van der Waals surface area (Å²) < 4.78 is 0. The molecule has 2 aliphatic rings. The molecule has 1 unspecified atom stereocenters. The topological polar surface area (TPSA) is 41.1 Å². The molecule has 2 N–H and O–H groups in total. The first kappa shape index (κ1) is 12.9. The van der Waals surface area contributed by atoms with E-state index in [-0.39, 0.29) is 5.91 Å². The van der Waals surface area contributed by atoms with Crippen LogP contribution in [-0.4, -0.2) is 25.0 Å². The summed E-state index contributed by atoms with van der Waals surface area (Å²) in [7, 11) is 0. The van der Waals surface area contributed by atoms with Crippen LogP contribution in [0.5, 0.6) is 0 Å². The Balaban J connectivity index is 1.68. The van der Waals surface area contributed by atoms with E-state index >= 15 is 0 Å². The molecule has 0 spiro atoms. The fourth-order valence-corrected chi connectivity index (χ4v) is 3.02. The molecule has 0 radical (unpaired) electrons. The van der Waals surface area contributed by atoms with Gasteiger partial charge in [0.25, 0.3) is 0 Å². The number of nitrogens with one attached hydrogen (secondary N) is 2. The molecule has 0 bridgehead atoms. The molecule has 1 aliphatic heterocycles. The number of carbonyl (C=O) groups excluding carboxylic acids is 1. The van der Waals surface area contributed by atoms with Crippen molar-refractivity contribution in [3.63, 3.8) is 0 Å². The standard InChI is InChI=1S/C14H26N2O/c1-11-4-6-12(7-5-11)10-16-13-3-2-8-15-14(17)9-13/h11-13,16H,2-10H2,1H3,(H,15,17). The zero-order valence-electron chi connectivity index (χ0n) is 11.0. The maximum atomic E-state index is 11.4. The minimum Gasteiger partial charge on any atom is -0.356 e. The smallest absolute Gasteiger partial charge is 0.221 e. The molecule has 1 heterocycles. The van der Waals surface area contributed by atoms with Crippen LogP contribution in [0.25, 0.3) is 0 Å². The van der Waals surface area contributed by atoms with Gasteiger partial charge in [-0.3, -0.25) is 4.79 Å². The number of hydrogen-bond acceptors (Lipinski definition) is 2. The quantitative estimate of drug-likeness (QED) is 0.790. The molecule has 0 aromatic heterocycles. The predicted molar refractivity (Wildman–Crippen MR) is 69.8 cm³/mol. The maximum Gasteiger partial charge on any atom is 0.221 e. The summed E-state index contributed by atoms with van der Waals surface area (Å²) in [5.41, 5.74) is 0. The molecule has 0 aromatic rings. The van der Waals surface area contributed by atoms with Crippen molar-refractivity contribution < 1.29 is 4.79 Å². The van der Waals surface area contributed by atoms with E-state index in [1.807, 2.05) is 0 Å². The summed E-state index contributed by atoms with van der Waals surface area (Å²) in [5.74, 6) is 1.99. The van der Waals surface area contributed by atoms with E-state index in [2.05, 4.69) is 17.6 Å². The van der Waals surface area contributed by atoms with E-state index in [0.29, 0.717) is 12.5 Å². The highest BCUT2D eigenvalue weighted by Gasteiger charge is 2.21. The molecule has 0 aromatic carbocycles. The highest BCUT2D eigenvalue weighted by Crippen LogP contribution is 2.27. The molecule has 2 fully saturated rings. The molecular formula is C14H26N2O. The summed E-state index contributed by atoms with van der Waals surface area (Å²) in [5, 5.41) is 6.56. The molecule has 98 valence electrons. The zero-order chi connectivity index (χ0) is 12.1. The Morgan fingerprint density at radius 2 is 2.00 bits per heavy atom. The molecule has 1 amide bonds. The van der Waals surface area contributed by atoms with Crippen molar-refractivity contribution in [2.24, 2.45) is 11.8 Å². The number of rotatable bonds is 3. The molecule has 1 aliphatic carbocycles. The third kappa shape index (κ3) is 4.30. The van der Waals surface area contributed by atoms with Gasteiger partial charge in [0.15, 0.2) is 0 Å². The van der Waals surface area contributed by atoms with E-state index in [9.17, 15) is 4.79 Å². The Morgan fingerprint density at radius 3 is 2.76 bits per heavy atom. The number of amides is 1. The van der Waals surface area contributed by atoms with Crippen LogP contribution in [0.3, 0.4) is 0 Å². The van der Waals surface area contributed by atoms with Crippen LogP contribution in [0, 0.1) is 11.8 Å². The largest absolute Gasteiger partial charge is 0.356 e. The van der Waals surface area contributed by atoms with Crippen molar-refractivity contribution in [3.05, 3.63) is 0 Å². The van der Waals surface area contributed by atoms with Gasteiger partial charge in [-0.15, -0.1) is 0 Å². The molecule has 3 nitrogen and oxygen atoms in total. The highest BCUT2D eigenvalue weighted by atomic mass is 16.1. The van der Waals surface area contributed by atoms with Gasteiger partial charge < -0.3 is 10.6 Å². The average Bonchev–Trinajstić information content (AvgIpc) is 2.53. The zero-order valence-corrected chi connectivity index (χ0v) is 11.0. The van der Waals surface area contributed by atoms with Gasteiger partial charge in [-0.25, -0.2) is 0 Å². The van der Waals surface area contributed by atoms with Crippen LogP contribution in [0.4, 0.5) is 0 Å². The van der Waals surface area contributed by atoms with Gasteiger partial charge in [0.1, 0.15) is 0 Å². The highest BCUT2D eigenvalue weighted by molar-refractivity contribution is 5.76. The van der Waals surface area contributed by atoms with Crippen molar-refractivity contribution in [1.29, 1.82) is 0 Å². The van der Waals surface area contributed by atoms with Crippen LogP contribution in [-0.2, 0) is 4.79 Å². The van der Waals surface area contributed by atoms with Crippen LogP contribution in [0.2, 0.25) is 0 Å². The predicted octanol–water partition coefficient (Wildman–Crippen LogP) is 2.07. The first-order chi connectivity index (χ1) is 8.24. The molecule has 3 heteroatoms. The fraction of sp³-hybridized carbons (Fsp3) is 0.929. The van der Waals surface area contributed by atoms with Crippen molar-refractivity contribution in [1.82, 2.24) is 10.6 Å². The van der Waals surface area contributed by atoms with Gasteiger partial charge in [0.05, 0.1) is 0 Å². The second-order valence-electron chi connectivity index (χ2n) is 5.93. The van der Waals surface area contributed by atoms with Gasteiger partial charge in [0.2, 0.25) is 5.91 Å². The van der Waals surface area contributed by atoms with Crippen molar-refractivity contribution in [2.75, 3.05) is 13.1 Å². The van der Waals surface area contributed by atoms with Gasteiger partial charge in [-0.1, -0.05) is 19.8 Å². The third-order valence-electron chi connectivity index (χ3n) is 4.31. The molecule has 1 saturated heterocycles. The van der Waals surface area contributed by atoms with E-state index in [4.69, 9.17) is 0 Å². The number of hydrogen-bond donors (Lipinski definition) is 2. The lowest BCUT2D eigenvalue weighted by atomic mass is 9.83. The molecule has 17 heavy (non-hydrogen) atoms. The van der Waals surface area contributed by atoms with Crippen LogP contribution in [0.1, 0.15) is 51.9 Å². The first-order valence-corrected chi connectivity index (χ1v) is 7.24. The second-order valence-corrected chi connectivity index (χ2v) is 5.93. The van der Waals surface area contributed by atoms with Crippen molar-refractivity contribution in [2.45, 2.75) is 57.9 Å². The second kappa shape index (κ2) is 6.39. The van der Waals surface area contributed by atoms with Crippen LogP contribution >= 0.6 is 0 Å². The Hall–Kier alpha value is -0.570. The van der Waals surface area contributed by atoms with Crippen LogP contribution < -0.4 is 10.6 Å². The number of carbonyl (C=O) groups is 1. The van der Waals surface area contributed by atoms with E-state index < -0.39 is 0 Å². The fourth-order valence-electron chi connectivity index (χ4n) is 3.02. The lowest BCUT2D eigenvalue weighted by molar-refractivity contribution is -0.121. The summed E-state index contributed by atoms with van der Waals surface area (Å²) in [6, 6.07) is 0.414. The maximum absolute atomic E-state index is 11.4. The average molecular weight is 238 g/mol. The Labute approximate surface area is 105 Å². The summed E-state index contributed by atoms with van der Waals surface area (Å²) in [6.07, 6.45) is 8.44. The lowest BCUT2D eigenvalue weighted by Gasteiger charge is -2.28. The molecular weight excluding hydrogens is 212 g/mol. The third-order valence-corrected chi connectivity index (χ3v) is 4.31. The minimum atomic E-state index is 0.220. The normalized spacial score (nSPS) is 35.1. The molecule has 1 atom stereocenters. The monoisotopic (exact) mass is 238 g/mol. The van der Waals surface area contributed by atoms with Gasteiger partial charge >= 0.3 is 0 Å². The van der Waals surface area contributed by atoms with E-state index in [0.717, 1.165) is 37.8 Å². The van der Waals surface area contributed by atoms with E-state index in [1.54, 1.807) is 0 Å². The van der Waals surface area contributed by atoms with Crippen molar-refractivity contribution in [3.8, 4) is 0 Å². The van der Waals surface area contributed by atoms with E-state index in [1.165, 1.54) is 25.7 Å². The molecule has 2 rings (SSSR count). The van der Waals surface area contributed by atoms with Gasteiger partial charge in [-0.05, 0) is 44.1 Å². The molecule has 1 saturated carbocycles. The Kier molecular flexibility index (Phi) is 4.84. The summed E-state index contributed by atoms with van der Waals surface area (Å²) in [4.78, 5) is 11.4. The Bertz CT molecular complexity index is 247. The van der Waals surface area contributed by atoms with Gasteiger partial charge in [-0.2, -0.15) is 0 Å². The van der Waals surface area contributed by atoms with Crippen molar-refractivity contribution >= 4 is 5.91 Å². The SMILES string of the molecule is CC1CCC(CNC2CCCNC(=O)C2)CC1. The first-order valence-electron chi connectivity index (χ1n) is 7.24. The summed E-state index contributed by atoms with van der Waals surface area (Å²) in [6.45, 7) is 4.34. The minimum absolute atomic E-state index is 0.220. The van der Waals surface area contributed by atoms with Gasteiger partial charge in [0, 0.05) is 19.0 Å².